The second-order valence-corrected chi connectivity index (χ2v) is 4.85. The van der Waals surface area contributed by atoms with E-state index in [1.807, 2.05) is 6.07 Å². The topological polar surface area (TPSA) is 70.3 Å². The largest absolute Gasteiger partial charge is 0.375 e. The minimum Gasteiger partial charge on any atom is -0.375 e. The first-order chi connectivity index (χ1) is 7.73. The quantitative estimate of drug-likeness (QED) is 0.848. The third-order valence-electron chi connectivity index (χ3n) is 2.85. The molecule has 84 valence electrons. The predicted molar refractivity (Wildman–Crippen MR) is 61.3 cm³/mol. The maximum atomic E-state index is 5.64. The number of methoxy groups -OCH3 is 1. The molecular formula is C10H11N3O2S. The fourth-order valence-electron chi connectivity index (χ4n) is 1.78. The average Bonchev–Trinajstić information content (AvgIpc) is 2.56. The van der Waals surface area contributed by atoms with Crippen LogP contribution in [0.5, 0.6) is 0 Å². The van der Waals surface area contributed by atoms with Crippen molar-refractivity contribution in [3.63, 3.8) is 0 Å². The smallest absolute Gasteiger partial charge is 0.182 e. The van der Waals surface area contributed by atoms with E-state index in [4.69, 9.17) is 15.2 Å². The minimum atomic E-state index is -0.333. The second-order valence-electron chi connectivity index (χ2n) is 3.79. The maximum absolute atomic E-state index is 5.64. The van der Waals surface area contributed by atoms with Crippen molar-refractivity contribution in [2.24, 2.45) is 0 Å². The SMILES string of the molecule is COC1(c2cnc3nc(N)sc3c2)COC1. The number of hydrogen-bond donors (Lipinski definition) is 1. The summed E-state index contributed by atoms with van der Waals surface area (Å²) in [5.41, 5.74) is 7.02. The van der Waals surface area contributed by atoms with E-state index in [0.29, 0.717) is 24.0 Å². The van der Waals surface area contributed by atoms with Gasteiger partial charge >= 0.3 is 0 Å². The molecule has 0 aliphatic carbocycles. The van der Waals surface area contributed by atoms with Gasteiger partial charge in [0, 0.05) is 18.9 Å². The Kier molecular flexibility index (Phi) is 2.10. The Morgan fingerprint density at radius 1 is 1.56 bits per heavy atom. The van der Waals surface area contributed by atoms with Gasteiger partial charge in [-0.05, 0) is 6.07 Å². The van der Waals surface area contributed by atoms with Crippen LogP contribution in [0.1, 0.15) is 5.56 Å². The van der Waals surface area contributed by atoms with Gasteiger partial charge in [0.2, 0.25) is 0 Å². The number of fused-ring (bicyclic) bond motifs is 1. The molecule has 1 aliphatic heterocycles. The Labute approximate surface area is 96.2 Å². The van der Waals surface area contributed by atoms with Crippen LogP contribution in [0.2, 0.25) is 0 Å². The summed E-state index contributed by atoms with van der Waals surface area (Å²) < 4.78 is 11.7. The van der Waals surface area contributed by atoms with E-state index in [1.165, 1.54) is 11.3 Å². The summed E-state index contributed by atoms with van der Waals surface area (Å²) in [6.45, 7) is 1.15. The first kappa shape index (κ1) is 9.95. The van der Waals surface area contributed by atoms with E-state index >= 15 is 0 Å². The number of pyridine rings is 1. The first-order valence-corrected chi connectivity index (χ1v) is 5.71. The van der Waals surface area contributed by atoms with E-state index in [9.17, 15) is 0 Å². The first-order valence-electron chi connectivity index (χ1n) is 4.89. The van der Waals surface area contributed by atoms with Gasteiger partial charge in [-0.15, -0.1) is 0 Å². The van der Waals surface area contributed by atoms with Crippen molar-refractivity contribution in [3.05, 3.63) is 17.8 Å². The molecule has 3 rings (SSSR count). The lowest BCUT2D eigenvalue weighted by molar-refractivity contribution is -0.202. The monoisotopic (exact) mass is 237 g/mol. The van der Waals surface area contributed by atoms with Crippen molar-refractivity contribution >= 4 is 26.8 Å². The molecule has 1 fully saturated rings. The average molecular weight is 237 g/mol. The molecule has 0 amide bonds. The van der Waals surface area contributed by atoms with Crippen molar-refractivity contribution in [2.75, 3.05) is 26.1 Å². The molecule has 0 spiro atoms. The van der Waals surface area contributed by atoms with Crippen LogP contribution in [0.15, 0.2) is 12.3 Å². The maximum Gasteiger partial charge on any atom is 0.182 e. The van der Waals surface area contributed by atoms with Gasteiger partial charge in [-0.25, -0.2) is 9.97 Å². The van der Waals surface area contributed by atoms with E-state index in [0.717, 1.165) is 10.3 Å². The van der Waals surface area contributed by atoms with Gasteiger partial charge in [-0.1, -0.05) is 11.3 Å². The zero-order chi connectivity index (χ0) is 11.2. The highest BCUT2D eigenvalue weighted by Crippen LogP contribution is 2.35. The van der Waals surface area contributed by atoms with Crippen molar-refractivity contribution < 1.29 is 9.47 Å². The summed E-state index contributed by atoms with van der Waals surface area (Å²) in [5, 5.41) is 0.538. The molecule has 0 atom stereocenters. The minimum absolute atomic E-state index is 0.333. The highest BCUT2D eigenvalue weighted by atomic mass is 32.1. The molecule has 0 aromatic carbocycles. The van der Waals surface area contributed by atoms with Crippen LogP contribution in [0, 0.1) is 0 Å². The molecule has 1 saturated heterocycles. The number of anilines is 1. The van der Waals surface area contributed by atoms with Gasteiger partial charge < -0.3 is 15.2 Å². The molecule has 0 radical (unpaired) electrons. The highest BCUT2D eigenvalue weighted by Gasteiger charge is 2.41. The van der Waals surface area contributed by atoms with Gasteiger partial charge in [-0.2, -0.15) is 0 Å². The van der Waals surface area contributed by atoms with Crippen LogP contribution < -0.4 is 5.73 Å². The van der Waals surface area contributed by atoms with Gasteiger partial charge in [0.05, 0.1) is 17.9 Å². The van der Waals surface area contributed by atoms with Gasteiger partial charge in [-0.3, -0.25) is 0 Å². The van der Waals surface area contributed by atoms with Crippen LogP contribution in [-0.4, -0.2) is 30.3 Å². The summed E-state index contributed by atoms with van der Waals surface area (Å²) in [4.78, 5) is 8.40. The van der Waals surface area contributed by atoms with E-state index < -0.39 is 0 Å². The van der Waals surface area contributed by atoms with Gasteiger partial charge in [0.25, 0.3) is 0 Å². The highest BCUT2D eigenvalue weighted by molar-refractivity contribution is 7.22. The zero-order valence-electron chi connectivity index (χ0n) is 8.77. The Hall–Kier alpha value is -1.24. The molecule has 0 bridgehead atoms. The van der Waals surface area contributed by atoms with Crippen molar-refractivity contribution in [2.45, 2.75) is 5.60 Å². The molecule has 6 heteroatoms. The fourth-order valence-corrected chi connectivity index (χ4v) is 2.51. The van der Waals surface area contributed by atoms with E-state index in [2.05, 4.69) is 9.97 Å². The fraction of sp³-hybridized carbons (Fsp3) is 0.400. The number of rotatable bonds is 2. The zero-order valence-corrected chi connectivity index (χ0v) is 9.58. The summed E-state index contributed by atoms with van der Waals surface area (Å²) in [6.07, 6.45) is 1.79. The van der Waals surface area contributed by atoms with Gasteiger partial charge in [0.1, 0.15) is 5.60 Å². The Balaban J connectivity index is 2.10. The lowest BCUT2D eigenvalue weighted by Gasteiger charge is -2.40. The van der Waals surface area contributed by atoms with Crippen molar-refractivity contribution in [1.82, 2.24) is 9.97 Å². The molecule has 0 unspecified atom stereocenters. The number of hydrogen-bond acceptors (Lipinski definition) is 6. The molecule has 1 aliphatic rings. The number of nitrogens with two attached hydrogens (primary N) is 1. The third-order valence-corrected chi connectivity index (χ3v) is 3.67. The molecule has 3 heterocycles. The lowest BCUT2D eigenvalue weighted by Crippen LogP contribution is -2.48. The number of nitrogens with zero attached hydrogens (tertiary/aromatic N) is 2. The molecule has 2 aromatic rings. The molecule has 2 aromatic heterocycles. The van der Waals surface area contributed by atoms with Crippen LogP contribution in [0.25, 0.3) is 10.3 Å². The predicted octanol–water partition coefficient (Wildman–Crippen LogP) is 1.15. The molecule has 5 nitrogen and oxygen atoms in total. The van der Waals surface area contributed by atoms with Crippen LogP contribution >= 0.6 is 11.3 Å². The van der Waals surface area contributed by atoms with Gasteiger partial charge in [0.15, 0.2) is 10.8 Å². The van der Waals surface area contributed by atoms with E-state index in [1.54, 1.807) is 13.3 Å². The second kappa shape index (κ2) is 3.38. The lowest BCUT2D eigenvalue weighted by atomic mass is 9.93. The van der Waals surface area contributed by atoms with Crippen LogP contribution in [0.4, 0.5) is 5.13 Å². The number of nitrogen functional groups attached to an aromatic ring is 1. The Bertz CT molecular complexity index is 530. The number of aromatic nitrogens is 2. The molecule has 0 saturated carbocycles. The van der Waals surface area contributed by atoms with Crippen molar-refractivity contribution in [1.29, 1.82) is 0 Å². The normalized spacial score (nSPS) is 18.6. The Morgan fingerprint density at radius 2 is 2.38 bits per heavy atom. The third kappa shape index (κ3) is 1.31. The van der Waals surface area contributed by atoms with Crippen LogP contribution in [-0.2, 0) is 15.1 Å². The molecule has 2 N–H and O–H groups in total. The standard InChI is InChI=1S/C10H11N3O2S/c1-14-10(4-15-5-10)6-2-7-8(12-3-6)13-9(11)16-7/h2-3H,4-5H2,1H3,(H2,11,12,13). The summed E-state index contributed by atoms with van der Waals surface area (Å²) in [7, 11) is 1.69. The summed E-state index contributed by atoms with van der Waals surface area (Å²) in [6, 6.07) is 2.03. The number of ether oxygens (including phenoxy) is 2. The van der Waals surface area contributed by atoms with Crippen molar-refractivity contribution in [3.8, 4) is 0 Å². The van der Waals surface area contributed by atoms with E-state index in [-0.39, 0.29) is 5.60 Å². The molecular weight excluding hydrogens is 226 g/mol. The number of thiazole rings is 1. The van der Waals surface area contributed by atoms with Crippen LogP contribution in [0.3, 0.4) is 0 Å². The summed E-state index contributed by atoms with van der Waals surface area (Å²) in [5.74, 6) is 0. The Morgan fingerprint density at radius 3 is 3.00 bits per heavy atom. The summed E-state index contributed by atoms with van der Waals surface area (Å²) >= 11 is 1.44. The molecule has 16 heavy (non-hydrogen) atoms.